The average molecular weight is 329 g/mol. The van der Waals surface area contributed by atoms with Gasteiger partial charge in [-0.15, -0.1) is 0 Å². The molecule has 0 aromatic heterocycles. The maximum atomic E-state index is 12.9. The van der Waals surface area contributed by atoms with Crippen LogP contribution in [0.5, 0.6) is 0 Å². The number of carbonyl (C=O) groups excluding carboxylic acids is 1. The molecule has 1 atom stereocenters. The minimum absolute atomic E-state index is 0.263. The van der Waals surface area contributed by atoms with E-state index in [1.807, 2.05) is 18.2 Å². The summed E-state index contributed by atoms with van der Waals surface area (Å²) in [5, 5.41) is 3.56. The summed E-state index contributed by atoms with van der Waals surface area (Å²) in [4.78, 5) is 15.0. The summed E-state index contributed by atoms with van der Waals surface area (Å²) in [6, 6.07) is 10.7. The molecule has 3 heteroatoms. The van der Waals surface area contributed by atoms with Gasteiger partial charge in [0.15, 0.2) is 0 Å². The van der Waals surface area contributed by atoms with Crippen LogP contribution < -0.4 is 5.32 Å². The Hall–Kier alpha value is -1.51. The van der Waals surface area contributed by atoms with Gasteiger partial charge in [-0.3, -0.25) is 4.79 Å². The predicted octanol–water partition coefficient (Wildman–Crippen LogP) is 4.55. The summed E-state index contributed by atoms with van der Waals surface area (Å²) in [5.41, 5.74) is 1.54. The standard InChI is InChI=1S/C21H32N2O/c1-21(2,3)17-11-9-16(10-12-17)20(24)23-14-13-19(15-23)22-18-7-5-4-6-8-18/h4-8,16-17,19,22H,9-15H2,1-3H3. The molecular formula is C21H32N2O. The van der Waals surface area contributed by atoms with E-state index in [1.165, 1.54) is 12.8 Å². The van der Waals surface area contributed by atoms with Crippen molar-refractivity contribution in [3.8, 4) is 0 Å². The Kier molecular flexibility index (Phi) is 5.17. The normalized spacial score (nSPS) is 28.0. The number of rotatable bonds is 3. The predicted molar refractivity (Wildman–Crippen MR) is 100.0 cm³/mol. The first-order valence-corrected chi connectivity index (χ1v) is 9.54. The molecule has 0 radical (unpaired) electrons. The maximum absolute atomic E-state index is 12.9. The minimum Gasteiger partial charge on any atom is -0.380 e. The molecule has 3 nitrogen and oxygen atoms in total. The van der Waals surface area contributed by atoms with Crippen LogP contribution >= 0.6 is 0 Å². The van der Waals surface area contributed by atoms with Gasteiger partial charge < -0.3 is 10.2 Å². The van der Waals surface area contributed by atoms with Crippen LogP contribution in [0.3, 0.4) is 0 Å². The smallest absolute Gasteiger partial charge is 0.225 e. The van der Waals surface area contributed by atoms with Crippen molar-refractivity contribution < 1.29 is 4.79 Å². The second kappa shape index (κ2) is 7.16. The van der Waals surface area contributed by atoms with Gasteiger partial charge in [-0.05, 0) is 55.6 Å². The number of anilines is 1. The number of amides is 1. The Morgan fingerprint density at radius 3 is 2.33 bits per heavy atom. The summed E-state index contributed by atoms with van der Waals surface area (Å²) < 4.78 is 0. The fraction of sp³-hybridized carbons (Fsp3) is 0.667. The number of hydrogen-bond donors (Lipinski definition) is 1. The van der Waals surface area contributed by atoms with E-state index >= 15 is 0 Å². The van der Waals surface area contributed by atoms with Crippen LogP contribution in [0.15, 0.2) is 30.3 Å². The van der Waals surface area contributed by atoms with E-state index in [0.29, 0.717) is 17.4 Å². The van der Waals surface area contributed by atoms with Crippen LogP contribution in [0, 0.1) is 17.3 Å². The highest BCUT2D eigenvalue weighted by molar-refractivity contribution is 5.79. The van der Waals surface area contributed by atoms with Gasteiger partial charge in [-0.25, -0.2) is 0 Å². The zero-order chi connectivity index (χ0) is 17.2. The molecule has 1 aromatic rings. The SMILES string of the molecule is CC(C)(C)C1CCC(C(=O)N2CCC(Nc3ccccc3)C2)CC1. The molecule has 0 spiro atoms. The minimum atomic E-state index is 0.263. The van der Waals surface area contributed by atoms with Gasteiger partial charge in [0.1, 0.15) is 0 Å². The molecule has 1 saturated carbocycles. The van der Waals surface area contributed by atoms with Crippen LogP contribution in [-0.2, 0) is 4.79 Å². The summed E-state index contributed by atoms with van der Waals surface area (Å²) in [6.45, 7) is 8.76. The van der Waals surface area contributed by atoms with Crippen LogP contribution in [0.4, 0.5) is 5.69 Å². The van der Waals surface area contributed by atoms with Crippen molar-refractivity contribution in [1.82, 2.24) is 4.90 Å². The van der Waals surface area contributed by atoms with Crippen LogP contribution in [0.25, 0.3) is 0 Å². The molecule has 2 aliphatic rings. The number of nitrogens with zero attached hydrogens (tertiary/aromatic N) is 1. The number of hydrogen-bond acceptors (Lipinski definition) is 2. The highest BCUT2D eigenvalue weighted by Gasteiger charge is 2.36. The Balaban J connectivity index is 1.48. The Bertz CT molecular complexity index is 541. The Morgan fingerprint density at radius 2 is 1.71 bits per heavy atom. The van der Waals surface area contributed by atoms with Gasteiger partial charge in [-0.1, -0.05) is 39.0 Å². The molecule has 1 heterocycles. The van der Waals surface area contributed by atoms with Gasteiger partial charge in [0.25, 0.3) is 0 Å². The van der Waals surface area contributed by atoms with E-state index in [4.69, 9.17) is 0 Å². The number of nitrogens with one attached hydrogen (secondary N) is 1. The lowest BCUT2D eigenvalue weighted by Gasteiger charge is -2.37. The summed E-state index contributed by atoms with van der Waals surface area (Å²) in [6.07, 6.45) is 5.62. The number of carbonyl (C=O) groups is 1. The summed E-state index contributed by atoms with van der Waals surface area (Å²) in [7, 11) is 0. The lowest BCUT2D eigenvalue weighted by Crippen LogP contribution is -2.38. The second-order valence-electron chi connectivity index (χ2n) is 8.69. The van der Waals surface area contributed by atoms with Crippen molar-refractivity contribution in [3.63, 3.8) is 0 Å². The van der Waals surface area contributed by atoms with Crippen LogP contribution in [-0.4, -0.2) is 29.9 Å². The zero-order valence-corrected chi connectivity index (χ0v) is 15.4. The van der Waals surface area contributed by atoms with Gasteiger partial charge in [0.05, 0.1) is 0 Å². The summed E-state index contributed by atoms with van der Waals surface area (Å²) >= 11 is 0. The Labute approximate surface area is 146 Å². The molecule has 132 valence electrons. The van der Waals surface area contributed by atoms with Crippen molar-refractivity contribution >= 4 is 11.6 Å². The first-order chi connectivity index (χ1) is 11.4. The number of likely N-dealkylation sites (tertiary alicyclic amines) is 1. The molecule has 1 saturated heterocycles. The highest BCUT2D eigenvalue weighted by Crippen LogP contribution is 2.40. The molecule has 1 amide bonds. The van der Waals surface area contributed by atoms with Crippen LogP contribution in [0.2, 0.25) is 0 Å². The fourth-order valence-electron chi connectivity index (χ4n) is 4.31. The molecule has 3 rings (SSSR count). The lowest BCUT2D eigenvalue weighted by atomic mass is 9.69. The van der Waals surface area contributed by atoms with E-state index in [0.717, 1.165) is 44.0 Å². The third-order valence-corrected chi connectivity index (χ3v) is 5.95. The molecule has 1 aliphatic carbocycles. The molecule has 2 fully saturated rings. The topological polar surface area (TPSA) is 32.3 Å². The molecule has 1 aromatic carbocycles. The third kappa shape index (κ3) is 4.12. The molecule has 1 aliphatic heterocycles. The fourth-order valence-corrected chi connectivity index (χ4v) is 4.31. The lowest BCUT2D eigenvalue weighted by molar-refractivity contribution is -0.136. The van der Waals surface area contributed by atoms with Gasteiger partial charge in [-0.2, -0.15) is 0 Å². The van der Waals surface area contributed by atoms with Crippen molar-refractivity contribution in [2.24, 2.45) is 17.3 Å². The number of para-hydroxylation sites is 1. The molecule has 1 unspecified atom stereocenters. The average Bonchev–Trinajstić information content (AvgIpc) is 3.03. The van der Waals surface area contributed by atoms with Crippen molar-refractivity contribution in [1.29, 1.82) is 0 Å². The van der Waals surface area contributed by atoms with E-state index in [9.17, 15) is 4.79 Å². The van der Waals surface area contributed by atoms with Crippen molar-refractivity contribution in [2.75, 3.05) is 18.4 Å². The molecule has 1 N–H and O–H groups in total. The third-order valence-electron chi connectivity index (χ3n) is 5.95. The number of benzene rings is 1. The molecular weight excluding hydrogens is 296 g/mol. The van der Waals surface area contributed by atoms with E-state index in [-0.39, 0.29) is 5.92 Å². The quantitative estimate of drug-likeness (QED) is 0.882. The Morgan fingerprint density at radius 1 is 1.04 bits per heavy atom. The van der Waals surface area contributed by atoms with Gasteiger partial charge >= 0.3 is 0 Å². The molecule has 0 bridgehead atoms. The van der Waals surface area contributed by atoms with Gasteiger partial charge in [0, 0.05) is 30.7 Å². The monoisotopic (exact) mass is 328 g/mol. The first-order valence-electron chi connectivity index (χ1n) is 9.54. The van der Waals surface area contributed by atoms with Crippen molar-refractivity contribution in [2.45, 2.75) is 58.9 Å². The van der Waals surface area contributed by atoms with E-state index in [2.05, 4.69) is 43.1 Å². The zero-order valence-electron chi connectivity index (χ0n) is 15.4. The maximum Gasteiger partial charge on any atom is 0.225 e. The van der Waals surface area contributed by atoms with E-state index in [1.54, 1.807) is 0 Å². The second-order valence-corrected chi connectivity index (χ2v) is 8.69. The summed E-state index contributed by atoms with van der Waals surface area (Å²) in [5.74, 6) is 1.44. The highest BCUT2D eigenvalue weighted by atomic mass is 16.2. The largest absolute Gasteiger partial charge is 0.380 e. The van der Waals surface area contributed by atoms with Gasteiger partial charge in [0.2, 0.25) is 5.91 Å². The van der Waals surface area contributed by atoms with Crippen molar-refractivity contribution in [3.05, 3.63) is 30.3 Å². The first kappa shape index (κ1) is 17.3. The van der Waals surface area contributed by atoms with Crippen LogP contribution in [0.1, 0.15) is 52.9 Å². The van der Waals surface area contributed by atoms with E-state index < -0.39 is 0 Å². The molecule has 24 heavy (non-hydrogen) atoms.